The van der Waals surface area contributed by atoms with E-state index in [9.17, 15) is 53.3 Å². The summed E-state index contributed by atoms with van der Waals surface area (Å²) in [6.45, 7) is 0.447. The zero-order valence-corrected chi connectivity index (χ0v) is 17.0. The summed E-state index contributed by atoms with van der Waals surface area (Å²) in [5, 5.41) is -6.20. The summed E-state index contributed by atoms with van der Waals surface area (Å²) in [5.74, 6) is -14.1. The molecule has 0 bridgehead atoms. The highest BCUT2D eigenvalue weighted by molar-refractivity contribution is 7.86. The minimum atomic E-state index is -6.92. The first-order chi connectivity index (χ1) is 14.3. The molecule has 0 aromatic rings. The molecule has 0 aromatic carbocycles. The molecular formula is C15H17F7NO8S-. The maximum Gasteiger partial charge on any atom is 0.466 e. The van der Waals surface area contributed by atoms with Crippen molar-refractivity contribution in [3.8, 4) is 0 Å². The summed E-state index contributed by atoms with van der Waals surface area (Å²) in [5.41, 5.74) is -0.661. The van der Waals surface area contributed by atoms with Crippen molar-refractivity contribution in [1.82, 2.24) is 4.90 Å². The SMILES string of the molecule is C=C(C)C(=O)OC(OCCC(F)(F)C(F)(F)S(=O)(=O)[O-])(C(=O)N1CCOCC1)C(F)(F)F. The Labute approximate surface area is 176 Å². The molecule has 0 spiro atoms. The van der Waals surface area contributed by atoms with Crippen LogP contribution in [0.25, 0.3) is 0 Å². The number of ether oxygens (including phenoxy) is 3. The van der Waals surface area contributed by atoms with Gasteiger partial charge in [-0.05, 0) is 6.92 Å². The van der Waals surface area contributed by atoms with Gasteiger partial charge in [-0.25, -0.2) is 13.2 Å². The van der Waals surface area contributed by atoms with Gasteiger partial charge in [-0.15, -0.1) is 0 Å². The third-order valence-electron chi connectivity index (χ3n) is 4.00. The molecule has 0 radical (unpaired) electrons. The van der Waals surface area contributed by atoms with Gasteiger partial charge >= 0.3 is 35.0 Å². The number of halogens is 7. The minimum Gasteiger partial charge on any atom is -0.743 e. The number of nitrogens with zero attached hydrogens (tertiary/aromatic N) is 1. The van der Waals surface area contributed by atoms with E-state index in [2.05, 4.69) is 16.1 Å². The summed E-state index contributed by atoms with van der Waals surface area (Å²) in [6, 6.07) is 0. The highest BCUT2D eigenvalue weighted by Gasteiger charge is 2.68. The first-order valence-corrected chi connectivity index (χ1v) is 9.89. The van der Waals surface area contributed by atoms with Gasteiger partial charge in [0.25, 0.3) is 0 Å². The van der Waals surface area contributed by atoms with Crippen LogP contribution >= 0.6 is 0 Å². The van der Waals surface area contributed by atoms with Crippen molar-refractivity contribution in [3.63, 3.8) is 0 Å². The molecule has 186 valence electrons. The first kappa shape index (κ1) is 28.1. The highest BCUT2D eigenvalue weighted by atomic mass is 32.2. The molecule has 0 saturated carbocycles. The quantitative estimate of drug-likeness (QED) is 0.152. The Morgan fingerprint density at radius 1 is 1.09 bits per heavy atom. The third-order valence-corrected chi connectivity index (χ3v) is 4.93. The smallest absolute Gasteiger partial charge is 0.466 e. The van der Waals surface area contributed by atoms with Gasteiger partial charge in [-0.1, -0.05) is 6.58 Å². The number of carbonyl (C=O) groups excluding carboxylic acids is 2. The first-order valence-electron chi connectivity index (χ1n) is 8.48. The lowest BCUT2D eigenvalue weighted by atomic mass is 10.2. The molecule has 1 fully saturated rings. The largest absolute Gasteiger partial charge is 0.743 e. The molecule has 1 aliphatic rings. The Bertz CT molecular complexity index is 839. The van der Waals surface area contributed by atoms with Gasteiger partial charge in [0, 0.05) is 25.1 Å². The van der Waals surface area contributed by atoms with Gasteiger partial charge in [-0.3, -0.25) is 4.79 Å². The third kappa shape index (κ3) is 5.68. The fraction of sp³-hybridized carbons (Fsp3) is 0.733. The standard InChI is InChI=1S/C15H18F7NO8S/c1-9(2)10(24)31-13(14(18,19)20,11(25)23-4-7-29-8-5-23)30-6-3-12(16,17)15(21,22)32(26,27)28/h1,3-8H2,2H3,(H,26,27,28)/p-1. The molecule has 1 amide bonds. The molecule has 1 saturated heterocycles. The van der Waals surface area contributed by atoms with E-state index in [4.69, 9.17) is 4.74 Å². The number of morpholine rings is 1. The van der Waals surface area contributed by atoms with Gasteiger partial charge in [0.1, 0.15) is 0 Å². The van der Waals surface area contributed by atoms with E-state index in [1.165, 1.54) is 0 Å². The molecular weight excluding hydrogens is 487 g/mol. The van der Waals surface area contributed by atoms with E-state index in [0.717, 1.165) is 6.92 Å². The molecule has 17 heteroatoms. The van der Waals surface area contributed by atoms with Gasteiger partial charge in [0.2, 0.25) is 0 Å². The lowest BCUT2D eigenvalue weighted by Gasteiger charge is -2.38. The van der Waals surface area contributed by atoms with Gasteiger partial charge in [-0.2, -0.15) is 30.7 Å². The Kier molecular flexibility index (Phi) is 8.31. The predicted octanol–water partition coefficient (Wildman–Crippen LogP) is 1.40. The highest BCUT2D eigenvalue weighted by Crippen LogP contribution is 2.42. The Balaban J connectivity index is 3.31. The van der Waals surface area contributed by atoms with Crippen molar-refractivity contribution in [2.24, 2.45) is 0 Å². The van der Waals surface area contributed by atoms with Crippen molar-refractivity contribution in [2.45, 2.75) is 36.5 Å². The zero-order valence-electron chi connectivity index (χ0n) is 16.2. The summed E-state index contributed by atoms with van der Waals surface area (Å²) in [4.78, 5) is 24.8. The molecule has 9 nitrogen and oxygen atoms in total. The van der Waals surface area contributed by atoms with Crippen LogP contribution in [0.15, 0.2) is 12.2 Å². The van der Waals surface area contributed by atoms with Crippen LogP contribution in [0.3, 0.4) is 0 Å². The number of hydrogen-bond acceptors (Lipinski definition) is 8. The molecule has 32 heavy (non-hydrogen) atoms. The van der Waals surface area contributed by atoms with Crippen LogP contribution in [0.2, 0.25) is 0 Å². The molecule has 1 aliphatic heterocycles. The summed E-state index contributed by atoms with van der Waals surface area (Å²) >= 11 is 0. The van der Waals surface area contributed by atoms with Crippen molar-refractivity contribution in [2.75, 3.05) is 32.9 Å². The molecule has 1 unspecified atom stereocenters. The number of carbonyl (C=O) groups is 2. The van der Waals surface area contributed by atoms with Gasteiger partial charge in [0.05, 0.1) is 19.8 Å². The molecule has 0 aromatic heterocycles. The van der Waals surface area contributed by atoms with E-state index < -0.39 is 76.8 Å². The number of amides is 1. The van der Waals surface area contributed by atoms with Crippen LogP contribution < -0.4 is 0 Å². The van der Waals surface area contributed by atoms with Crippen molar-refractivity contribution in [3.05, 3.63) is 12.2 Å². The Morgan fingerprint density at radius 3 is 2.00 bits per heavy atom. The van der Waals surface area contributed by atoms with E-state index in [1.54, 1.807) is 0 Å². The second kappa shape index (κ2) is 9.48. The average Bonchev–Trinajstić information content (AvgIpc) is 2.64. The van der Waals surface area contributed by atoms with Crippen LogP contribution in [0.4, 0.5) is 30.7 Å². The molecule has 1 atom stereocenters. The maximum absolute atomic E-state index is 13.9. The van der Waals surface area contributed by atoms with E-state index in [0.29, 0.717) is 4.90 Å². The van der Waals surface area contributed by atoms with Crippen molar-refractivity contribution < 1.29 is 67.5 Å². The number of alkyl halides is 7. The fourth-order valence-electron chi connectivity index (χ4n) is 2.24. The van der Waals surface area contributed by atoms with Crippen LogP contribution in [0, 0.1) is 0 Å². The Morgan fingerprint density at radius 2 is 1.59 bits per heavy atom. The average molecular weight is 504 g/mol. The number of hydrogen-bond donors (Lipinski definition) is 0. The van der Waals surface area contributed by atoms with Crippen LogP contribution in [-0.2, 0) is 33.9 Å². The summed E-state index contributed by atoms with van der Waals surface area (Å²) in [6.07, 6.45) is -8.36. The van der Waals surface area contributed by atoms with Crippen LogP contribution in [0.1, 0.15) is 13.3 Å². The van der Waals surface area contributed by atoms with E-state index in [1.807, 2.05) is 0 Å². The fourth-order valence-corrected chi connectivity index (χ4v) is 2.71. The molecule has 1 heterocycles. The van der Waals surface area contributed by atoms with Crippen molar-refractivity contribution in [1.29, 1.82) is 0 Å². The topological polar surface area (TPSA) is 122 Å². The van der Waals surface area contributed by atoms with Gasteiger partial charge < -0.3 is 23.7 Å². The Hall–Kier alpha value is -1.98. The number of esters is 1. The lowest BCUT2D eigenvalue weighted by Crippen LogP contribution is -2.64. The zero-order chi connectivity index (χ0) is 25.2. The second-order valence-corrected chi connectivity index (χ2v) is 7.88. The van der Waals surface area contributed by atoms with Crippen LogP contribution in [0.5, 0.6) is 0 Å². The summed E-state index contributed by atoms with van der Waals surface area (Å²) < 4.78 is 139. The monoisotopic (exact) mass is 504 g/mol. The van der Waals surface area contributed by atoms with E-state index >= 15 is 0 Å². The lowest BCUT2D eigenvalue weighted by molar-refractivity contribution is -0.353. The number of rotatable bonds is 9. The molecule has 0 aliphatic carbocycles. The van der Waals surface area contributed by atoms with Crippen molar-refractivity contribution >= 4 is 22.0 Å². The second-order valence-electron chi connectivity index (χ2n) is 6.46. The normalized spacial score (nSPS) is 18.1. The van der Waals surface area contributed by atoms with Gasteiger partial charge in [0.15, 0.2) is 10.1 Å². The summed E-state index contributed by atoms with van der Waals surface area (Å²) in [7, 11) is -6.92. The molecule has 0 N–H and O–H groups in total. The maximum atomic E-state index is 13.9. The van der Waals surface area contributed by atoms with E-state index in [-0.39, 0.29) is 13.2 Å². The predicted molar refractivity (Wildman–Crippen MR) is 87.3 cm³/mol. The molecule has 1 rings (SSSR count). The minimum absolute atomic E-state index is 0.236. The van der Waals surface area contributed by atoms with Crippen LogP contribution in [-0.4, -0.2) is 85.8 Å².